The molecule has 0 nitrogen and oxygen atoms in total. The zero-order chi connectivity index (χ0) is 13.4. The van der Waals surface area contributed by atoms with Gasteiger partial charge in [-0.15, -0.1) is 11.6 Å². The van der Waals surface area contributed by atoms with Gasteiger partial charge in [0.15, 0.2) is 0 Å². The Labute approximate surface area is 120 Å². The summed E-state index contributed by atoms with van der Waals surface area (Å²) in [6, 6.07) is 17.3. The van der Waals surface area contributed by atoms with Crippen molar-refractivity contribution in [2.24, 2.45) is 5.92 Å². The molecular formula is C18H19Cl. The third kappa shape index (κ3) is 2.55. The first kappa shape index (κ1) is 12.7. The van der Waals surface area contributed by atoms with E-state index in [0.717, 1.165) is 0 Å². The molecule has 1 saturated carbocycles. The Balaban J connectivity index is 1.76. The number of hydrogen-bond donors (Lipinski definition) is 0. The van der Waals surface area contributed by atoms with Crippen molar-refractivity contribution in [3.05, 3.63) is 70.8 Å². The molecule has 3 unspecified atom stereocenters. The average Bonchev–Trinajstić information content (AvgIpc) is 3.22. The summed E-state index contributed by atoms with van der Waals surface area (Å²) in [4.78, 5) is 0. The lowest BCUT2D eigenvalue weighted by atomic mass is 10.00. The van der Waals surface area contributed by atoms with Crippen LogP contribution in [0, 0.1) is 19.8 Å². The largest absolute Gasteiger partial charge is 0.117 e. The minimum Gasteiger partial charge on any atom is -0.117 e. The van der Waals surface area contributed by atoms with Crippen LogP contribution in [0.3, 0.4) is 0 Å². The molecule has 0 aromatic heterocycles. The van der Waals surface area contributed by atoms with Crippen LogP contribution in [0.4, 0.5) is 0 Å². The molecule has 1 aliphatic rings. The summed E-state index contributed by atoms with van der Waals surface area (Å²) in [5.41, 5.74) is 5.37. The van der Waals surface area contributed by atoms with Gasteiger partial charge in [-0.2, -0.15) is 0 Å². The molecule has 0 N–H and O–H groups in total. The molecular weight excluding hydrogens is 252 g/mol. The van der Waals surface area contributed by atoms with Gasteiger partial charge in [0.05, 0.1) is 5.38 Å². The molecule has 0 bridgehead atoms. The minimum atomic E-state index is 0.143. The SMILES string of the molecule is Cc1ccc(C(Cl)C2CC2c2ccccc2)cc1C. The second-order valence-corrected chi connectivity index (χ2v) is 6.13. The van der Waals surface area contributed by atoms with Crippen LogP contribution in [0.5, 0.6) is 0 Å². The topological polar surface area (TPSA) is 0 Å². The normalized spacial score (nSPS) is 23.1. The summed E-state index contributed by atoms with van der Waals surface area (Å²) < 4.78 is 0. The molecule has 0 spiro atoms. The molecule has 0 amide bonds. The van der Waals surface area contributed by atoms with Crippen molar-refractivity contribution in [2.45, 2.75) is 31.6 Å². The molecule has 0 saturated heterocycles. The number of halogens is 1. The van der Waals surface area contributed by atoms with Gasteiger partial charge >= 0.3 is 0 Å². The fourth-order valence-corrected chi connectivity index (χ4v) is 3.22. The zero-order valence-electron chi connectivity index (χ0n) is 11.4. The predicted molar refractivity (Wildman–Crippen MR) is 81.8 cm³/mol. The third-order valence-corrected chi connectivity index (χ3v) is 4.87. The lowest BCUT2D eigenvalue weighted by molar-refractivity contribution is 0.763. The fraction of sp³-hybridized carbons (Fsp3) is 0.333. The lowest BCUT2D eigenvalue weighted by Crippen LogP contribution is -1.96. The van der Waals surface area contributed by atoms with Gasteiger partial charge in [-0.05, 0) is 54.4 Å². The van der Waals surface area contributed by atoms with Gasteiger partial charge in [0.25, 0.3) is 0 Å². The maximum Gasteiger partial charge on any atom is 0.0619 e. The van der Waals surface area contributed by atoms with Crippen molar-refractivity contribution in [2.75, 3.05) is 0 Å². The first-order valence-corrected chi connectivity index (χ1v) is 7.36. The highest BCUT2D eigenvalue weighted by atomic mass is 35.5. The first-order valence-electron chi connectivity index (χ1n) is 6.93. The Morgan fingerprint density at radius 1 is 1.00 bits per heavy atom. The molecule has 19 heavy (non-hydrogen) atoms. The molecule has 1 heteroatoms. The van der Waals surface area contributed by atoms with Gasteiger partial charge in [-0.3, -0.25) is 0 Å². The summed E-state index contributed by atoms with van der Waals surface area (Å²) in [6.45, 7) is 4.30. The van der Waals surface area contributed by atoms with Crippen LogP contribution < -0.4 is 0 Å². The van der Waals surface area contributed by atoms with E-state index in [1.165, 1.54) is 28.7 Å². The molecule has 0 aliphatic heterocycles. The standard InChI is InChI=1S/C18H19Cl/c1-12-8-9-15(10-13(12)2)18(19)17-11-16(17)14-6-4-3-5-7-14/h3-10,16-18H,11H2,1-2H3. The summed E-state index contributed by atoms with van der Waals surface area (Å²) in [7, 11) is 0. The smallest absolute Gasteiger partial charge is 0.0619 e. The Hall–Kier alpha value is -1.27. The van der Waals surface area contributed by atoms with E-state index in [2.05, 4.69) is 62.4 Å². The van der Waals surface area contributed by atoms with Crippen LogP contribution in [0.1, 0.15) is 40.0 Å². The highest BCUT2D eigenvalue weighted by Gasteiger charge is 2.43. The van der Waals surface area contributed by atoms with E-state index in [0.29, 0.717) is 11.8 Å². The number of rotatable bonds is 3. The van der Waals surface area contributed by atoms with E-state index in [9.17, 15) is 0 Å². The van der Waals surface area contributed by atoms with Crippen LogP contribution in [-0.2, 0) is 0 Å². The van der Waals surface area contributed by atoms with Gasteiger partial charge in [-0.25, -0.2) is 0 Å². The molecule has 0 heterocycles. The zero-order valence-corrected chi connectivity index (χ0v) is 12.2. The Bertz CT molecular complexity index is 573. The van der Waals surface area contributed by atoms with E-state index in [1.54, 1.807) is 0 Å². The highest BCUT2D eigenvalue weighted by molar-refractivity contribution is 6.21. The van der Waals surface area contributed by atoms with Crippen molar-refractivity contribution < 1.29 is 0 Å². The van der Waals surface area contributed by atoms with E-state index in [1.807, 2.05) is 0 Å². The number of alkyl halides is 1. The van der Waals surface area contributed by atoms with E-state index < -0.39 is 0 Å². The van der Waals surface area contributed by atoms with Crippen molar-refractivity contribution in [3.8, 4) is 0 Å². The van der Waals surface area contributed by atoms with Crippen LogP contribution in [0.15, 0.2) is 48.5 Å². The molecule has 0 radical (unpaired) electrons. The molecule has 3 rings (SSSR count). The molecule has 1 fully saturated rings. The summed E-state index contributed by atoms with van der Waals surface area (Å²) in [5.74, 6) is 1.23. The Morgan fingerprint density at radius 3 is 2.42 bits per heavy atom. The maximum absolute atomic E-state index is 6.67. The van der Waals surface area contributed by atoms with Crippen molar-refractivity contribution >= 4 is 11.6 Å². The molecule has 2 aromatic rings. The van der Waals surface area contributed by atoms with Crippen LogP contribution in [-0.4, -0.2) is 0 Å². The molecule has 1 aliphatic carbocycles. The van der Waals surface area contributed by atoms with Crippen LogP contribution in [0.25, 0.3) is 0 Å². The first-order chi connectivity index (χ1) is 9.16. The average molecular weight is 271 g/mol. The minimum absolute atomic E-state index is 0.143. The van der Waals surface area contributed by atoms with Gasteiger partial charge in [0.2, 0.25) is 0 Å². The number of benzene rings is 2. The quantitative estimate of drug-likeness (QED) is 0.656. The van der Waals surface area contributed by atoms with Crippen molar-refractivity contribution in [1.82, 2.24) is 0 Å². The monoisotopic (exact) mass is 270 g/mol. The molecule has 3 atom stereocenters. The second kappa shape index (κ2) is 5.02. The fourth-order valence-electron chi connectivity index (χ4n) is 2.80. The van der Waals surface area contributed by atoms with Crippen molar-refractivity contribution in [3.63, 3.8) is 0 Å². The lowest BCUT2D eigenvalue weighted by Gasteiger charge is -2.12. The van der Waals surface area contributed by atoms with Gasteiger partial charge in [0, 0.05) is 0 Å². The predicted octanol–water partition coefficient (Wildman–Crippen LogP) is 5.39. The van der Waals surface area contributed by atoms with Crippen LogP contribution >= 0.6 is 11.6 Å². The van der Waals surface area contributed by atoms with Gasteiger partial charge in [-0.1, -0.05) is 48.5 Å². The summed E-state index contributed by atoms with van der Waals surface area (Å²) >= 11 is 6.67. The molecule has 2 aromatic carbocycles. The summed E-state index contributed by atoms with van der Waals surface area (Å²) in [5, 5.41) is 0.143. The highest BCUT2D eigenvalue weighted by Crippen LogP contribution is 2.56. The Kier molecular flexibility index (Phi) is 3.36. The maximum atomic E-state index is 6.67. The van der Waals surface area contributed by atoms with Gasteiger partial charge in [0.1, 0.15) is 0 Å². The van der Waals surface area contributed by atoms with E-state index in [4.69, 9.17) is 11.6 Å². The Morgan fingerprint density at radius 2 is 1.74 bits per heavy atom. The van der Waals surface area contributed by atoms with E-state index >= 15 is 0 Å². The second-order valence-electron chi connectivity index (χ2n) is 5.66. The van der Waals surface area contributed by atoms with E-state index in [-0.39, 0.29) is 5.38 Å². The third-order valence-electron chi connectivity index (χ3n) is 4.29. The summed E-state index contributed by atoms with van der Waals surface area (Å²) in [6.07, 6.45) is 1.21. The number of aryl methyl sites for hydroxylation is 2. The van der Waals surface area contributed by atoms with Crippen LogP contribution in [0.2, 0.25) is 0 Å². The van der Waals surface area contributed by atoms with Gasteiger partial charge < -0.3 is 0 Å². The molecule has 98 valence electrons. The van der Waals surface area contributed by atoms with Crippen molar-refractivity contribution in [1.29, 1.82) is 0 Å². The number of hydrogen-bond acceptors (Lipinski definition) is 0.